The van der Waals surface area contributed by atoms with E-state index >= 15 is 0 Å². The number of methoxy groups -OCH3 is 1. The van der Waals surface area contributed by atoms with Gasteiger partial charge in [0.2, 0.25) is 0 Å². The Labute approximate surface area is 127 Å². The number of rotatable bonds is 5. The van der Waals surface area contributed by atoms with E-state index in [1.54, 1.807) is 12.5 Å². The fourth-order valence-electron chi connectivity index (χ4n) is 1.51. The standard InChI is InChI=1S/C12H11ClF3N3OS/c1-20-3-2-17-11-19-9(6-21-11)10-8(13)4-7(5-18-10)12(14,15)16/h4-6H,2-3H2,1H3,(H,17,19). The normalized spacial score (nSPS) is 11.7. The summed E-state index contributed by atoms with van der Waals surface area (Å²) < 4.78 is 42.5. The van der Waals surface area contributed by atoms with Gasteiger partial charge in [0.25, 0.3) is 0 Å². The van der Waals surface area contributed by atoms with Crippen LogP contribution < -0.4 is 5.32 Å². The summed E-state index contributed by atoms with van der Waals surface area (Å²) in [6.45, 7) is 1.10. The summed E-state index contributed by atoms with van der Waals surface area (Å²) in [6, 6.07) is 0.848. The first kappa shape index (κ1) is 16.0. The van der Waals surface area contributed by atoms with Crippen LogP contribution in [0.15, 0.2) is 17.6 Å². The molecule has 0 saturated heterocycles. The van der Waals surface area contributed by atoms with Gasteiger partial charge in [0.1, 0.15) is 11.4 Å². The Morgan fingerprint density at radius 1 is 1.43 bits per heavy atom. The minimum absolute atomic E-state index is 0.0847. The molecule has 0 aliphatic carbocycles. The molecule has 0 spiro atoms. The van der Waals surface area contributed by atoms with Crippen LogP contribution in [-0.4, -0.2) is 30.2 Å². The van der Waals surface area contributed by atoms with Gasteiger partial charge in [-0.15, -0.1) is 11.3 Å². The lowest BCUT2D eigenvalue weighted by Gasteiger charge is -2.07. The molecule has 0 bridgehead atoms. The Morgan fingerprint density at radius 2 is 2.19 bits per heavy atom. The van der Waals surface area contributed by atoms with Crippen molar-refractivity contribution in [1.29, 1.82) is 0 Å². The van der Waals surface area contributed by atoms with Gasteiger partial charge in [0.15, 0.2) is 5.13 Å². The number of nitrogens with one attached hydrogen (secondary N) is 1. The Kier molecular flexibility index (Phi) is 5.02. The molecule has 21 heavy (non-hydrogen) atoms. The molecule has 9 heteroatoms. The van der Waals surface area contributed by atoms with Crippen LogP contribution >= 0.6 is 22.9 Å². The van der Waals surface area contributed by atoms with E-state index in [9.17, 15) is 13.2 Å². The SMILES string of the molecule is COCCNc1nc(-c2ncc(C(F)(F)F)cc2Cl)cs1. The van der Waals surface area contributed by atoms with Crippen LogP contribution in [-0.2, 0) is 10.9 Å². The summed E-state index contributed by atoms with van der Waals surface area (Å²) >= 11 is 7.18. The van der Waals surface area contributed by atoms with Gasteiger partial charge < -0.3 is 10.1 Å². The molecule has 114 valence electrons. The highest BCUT2D eigenvalue weighted by atomic mass is 35.5. The third-order valence-electron chi connectivity index (χ3n) is 2.50. The molecule has 0 unspecified atom stereocenters. The van der Waals surface area contributed by atoms with Crippen molar-refractivity contribution in [3.05, 3.63) is 28.2 Å². The zero-order valence-electron chi connectivity index (χ0n) is 10.9. The van der Waals surface area contributed by atoms with Crippen LogP contribution in [0.4, 0.5) is 18.3 Å². The van der Waals surface area contributed by atoms with Gasteiger partial charge in [0.05, 0.1) is 17.2 Å². The Hall–Kier alpha value is -1.38. The number of halogens is 4. The maximum atomic E-state index is 12.5. The number of hydrogen-bond donors (Lipinski definition) is 1. The Morgan fingerprint density at radius 3 is 2.81 bits per heavy atom. The van der Waals surface area contributed by atoms with Crippen LogP contribution in [0.2, 0.25) is 5.02 Å². The number of ether oxygens (including phenoxy) is 1. The van der Waals surface area contributed by atoms with Crippen molar-refractivity contribution < 1.29 is 17.9 Å². The van der Waals surface area contributed by atoms with E-state index in [2.05, 4.69) is 15.3 Å². The lowest BCUT2D eigenvalue weighted by atomic mass is 10.2. The van der Waals surface area contributed by atoms with Crippen molar-refractivity contribution in [2.24, 2.45) is 0 Å². The van der Waals surface area contributed by atoms with E-state index in [0.717, 1.165) is 12.3 Å². The summed E-state index contributed by atoms with van der Waals surface area (Å²) in [6.07, 6.45) is -3.72. The molecular weight excluding hydrogens is 327 g/mol. The quantitative estimate of drug-likeness (QED) is 0.840. The fourth-order valence-corrected chi connectivity index (χ4v) is 2.49. The number of hydrogen-bond acceptors (Lipinski definition) is 5. The van der Waals surface area contributed by atoms with Gasteiger partial charge in [-0.3, -0.25) is 4.98 Å². The van der Waals surface area contributed by atoms with Crippen LogP contribution in [0.3, 0.4) is 0 Å². The van der Waals surface area contributed by atoms with Gasteiger partial charge in [-0.1, -0.05) is 11.6 Å². The minimum atomic E-state index is -4.47. The smallest absolute Gasteiger partial charge is 0.383 e. The predicted molar refractivity (Wildman–Crippen MR) is 75.7 cm³/mol. The van der Waals surface area contributed by atoms with Gasteiger partial charge in [0, 0.05) is 25.2 Å². The molecule has 2 aromatic heterocycles. The zero-order chi connectivity index (χ0) is 15.5. The van der Waals surface area contributed by atoms with Crippen molar-refractivity contribution in [2.75, 3.05) is 25.6 Å². The number of pyridine rings is 1. The molecule has 0 radical (unpaired) electrons. The summed E-state index contributed by atoms with van der Waals surface area (Å²) in [4.78, 5) is 7.99. The zero-order valence-corrected chi connectivity index (χ0v) is 12.4. The van der Waals surface area contributed by atoms with Crippen molar-refractivity contribution >= 4 is 28.1 Å². The molecule has 0 aliphatic heterocycles. The number of thiazole rings is 1. The number of aromatic nitrogens is 2. The lowest BCUT2D eigenvalue weighted by Crippen LogP contribution is -2.07. The topological polar surface area (TPSA) is 47.0 Å². The van der Waals surface area contributed by atoms with Gasteiger partial charge in [-0.05, 0) is 6.07 Å². The number of alkyl halides is 3. The largest absolute Gasteiger partial charge is 0.417 e. The van der Waals surface area contributed by atoms with E-state index in [4.69, 9.17) is 16.3 Å². The fraction of sp³-hybridized carbons (Fsp3) is 0.333. The molecule has 0 aromatic carbocycles. The summed E-state index contributed by atoms with van der Waals surface area (Å²) in [7, 11) is 1.58. The maximum absolute atomic E-state index is 12.5. The molecule has 2 aromatic rings. The molecule has 2 rings (SSSR count). The van der Waals surface area contributed by atoms with Crippen LogP contribution in [0, 0.1) is 0 Å². The third kappa shape index (κ3) is 4.05. The second-order valence-electron chi connectivity index (χ2n) is 4.01. The molecule has 4 nitrogen and oxygen atoms in total. The first-order valence-electron chi connectivity index (χ1n) is 5.83. The van der Waals surface area contributed by atoms with Crippen LogP contribution in [0.25, 0.3) is 11.4 Å². The molecule has 0 saturated carbocycles. The van der Waals surface area contributed by atoms with Gasteiger partial charge in [-0.25, -0.2) is 4.98 Å². The summed E-state index contributed by atoms with van der Waals surface area (Å²) in [5.41, 5.74) is -0.232. The molecule has 1 N–H and O–H groups in total. The second-order valence-corrected chi connectivity index (χ2v) is 5.27. The number of nitrogens with zero attached hydrogens (tertiary/aromatic N) is 2. The lowest BCUT2D eigenvalue weighted by molar-refractivity contribution is -0.137. The highest BCUT2D eigenvalue weighted by Crippen LogP contribution is 2.34. The van der Waals surface area contributed by atoms with Crippen molar-refractivity contribution in [3.8, 4) is 11.4 Å². The summed E-state index contributed by atoms with van der Waals surface area (Å²) in [5, 5.41) is 5.24. The first-order valence-corrected chi connectivity index (χ1v) is 7.09. The van der Waals surface area contributed by atoms with E-state index in [0.29, 0.717) is 24.0 Å². The molecule has 0 atom stereocenters. The maximum Gasteiger partial charge on any atom is 0.417 e. The second kappa shape index (κ2) is 6.59. The average molecular weight is 338 g/mol. The Bertz CT molecular complexity index is 618. The minimum Gasteiger partial charge on any atom is -0.383 e. The van der Waals surface area contributed by atoms with E-state index in [1.165, 1.54) is 11.3 Å². The van der Waals surface area contributed by atoms with Gasteiger partial charge >= 0.3 is 6.18 Å². The third-order valence-corrected chi connectivity index (χ3v) is 3.59. The van der Waals surface area contributed by atoms with Crippen LogP contribution in [0.1, 0.15) is 5.56 Å². The summed E-state index contributed by atoms with van der Waals surface area (Å²) in [5.74, 6) is 0. The van der Waals surface area contributed by atoms with Crippen LogP contribution in [0.5, 0.6) is 0 Å². The van der Waals surface area contributed by atoms with E-state index in [1.807, 2.05) is 0 Å². The monoisotopic (exact) mass is 337 g/mol. The highest BCUT2D eigenvalue weighted by Gasteiger charge is 2.31. The van der Waals surface area contributed by atoms with Gasteiger partial charge in [-0.2, -0.15) is 13.2 Å². The Balaban J connectivity index is 2.19. The first-order chi connectivity index (χ1) is 9.91. The van der Waals surface area contributed by atoms with Crippen molar-refractivity contribution in [2.45, 2.75) is 6.18 Å². The van der Waals surface area contributed by atoms with Crippen molar-refractivity contribution in [1.82, 2.24) is 9.97 Å². The van der Waals surface area contributed by atoms with E-state index < -0.39 is 11.7 Å². The van der Waals surface area contributed by atoms with E-state index in [-0.39, 0.29) is 10.7 Å². The average Bonchev–Trinajstić information content (AvgIpc) is 2.86. The molecular formula is C12H11ClF3N3OS. The molecule has 0 aliphatic rings. The number of anilines is 1. The van der Waals surface area contributed by atoms with Crippen molar-refractivity contribution in [3.63, 3.8) is 0 Å². The molecule has 0 amide bonds. The molecule has 2 heterocycles. The molecule has 0 fully saturated rings. The predicted octanol–water partition coefficient (Wildman–Crippen LogP) is 3.94. The highest BCUT2D eigenvalue weighted by molar-refractivity contribution is 7.14.